The molecule has 1 aliphatic heterocycles. The molecule has 2 aromatic rings. The minimum atomic E-state index is 0.750. The van der Waals surface area contributed by atoms with Crippen LogP contribution in [0.5, 0.6) is 11.5 Å². The van der Waals surface area contributed by atoms with Crippen LogP contribution in [-0.2, 0) is 20.1 Å². The second-order valence-electron chi connectivity index (χ2n) is 6.66. The van der Waals surface area contributed by atoms with E-state index in [0.29, 0.717) is 0 Å². The van der Waals surface area contributed by atoms with Crippen molar-refractivity contribution in [3.05, 3.63) is 40.4 Å². The molecule has 6 nitrogen and oxygen atoms in total. The molecule has 1 saturated heterocycles. The van der Waals surface area contributed by atoms with Gasteiger partial charge < -0.3 is 14.0 Å². The molecule has 1 aliphatic rings. The molecule has 0 bridgehead atoms. The topological polar surface area (TPSA) is 42.8 Å². The van der Waals surface area contributed by atoms with Gasteiger partial charge in [0.05, 0.1) is 20.8 Å². The van der Waals surface area contributed by atoms with E-state index in [1.165, 1.54) is 5.56 Å². The van der Waals surface area contributed by atoms with E-state index in [4.69, 9.17) is 9.47 Å². The number of halogens is 1. The summed E-state index contributed by atoms with van der Waals surface area (Å²) in [6.07, 6.45) is 5.04. The summed E-state index contributed by atoms with van der Waals surface area (Å²) in [6, 6.07) is 4.05. The van der Waals surface area contributed by atoms with Crippen LogP contribution in [0.2, 0.25) is 0 Å². The first-order valence-corrected chi connectivity index (χ1v) is 9.71. The summed E-state index contributed by atoms with van der Waals surface area (Å²) in [5, 5.41) is 0. The van der Waals surface area contributed by atoms with Gasteiger partial charge in [0.2, 0.25) is 0 Å². The molecule has 1 fully saturated rings. The van der Waals surface area contributed by atoms with E-state index in [1.807, 2.05) is 18.5 Å². The predicted molar refractivity (Wildman–Crippen MR) is 106 cm³/mol. The maximum absolute atomic E-state index is 5.45. The molecule has 0 amide bonds. The fourth-order valence-corrected chi connectivity index (χ4v) is 3.80. The summed E-state index contributed by atoms with van der Waals surface area (Å²) in [5.41, 5.74) is 1.22. The van der Waals surface area contributed by atoms with Crippen LogP contribution < -0.4 is 9.47 Å². The largest absolute Gasteiger partial charge is 0.493 e. The summed E-state index contributed by atoms with van der Waals surface area (Å²) in [7, 11) is 5.40. The molecule has 0 N–H and O–H groups in total. The number of aromatic nitrogens is 2. The normalized spacial score (nSPS) is 16.5. The fraction of sp³-hybridized carbons (Fsp3) is 0.526. The van der Waals surface area contributed by atoms with E-state index >= 15 is 0 Å². The van der Waals surface area contributed by atoms with Crippen LogP contribution in [0.15, 0.2) is 29.0 Å². The third kappa shape index (κ3) is 4.58. The van der Waals surface area contributed by atoms with Gasteiger partial charge in [-0.05, 0) is 37.2 Å². The highest BCUT2D eigenvalue weighted by molar-refractivity contribution is 9.10. The van der Waals surface area contributed by atoms with E-state index in [1.54, 1.807) is 14.2 Å². The molecular weight excluding hydrogens is 396 g/mol. The standard InChI is InChI=1S/C19H27BrN4O2/c1-22-8-5-21-19(22)14-24-7-4-6-23(9-10-24)13-15-11-17(25-2)18(26-3)12-16(15)20/h5,8,11-12H,4,6-7,9-10,13-14H2,1-3H3. The minimum Gasteiger partial charge on any atom is -0.493 e. The monoisotopic (exact) mass is 422 g/mol. The number of imidazole rings is 1. The van der Waals surface area contributed by atoms with Gasteiger partial charge in [-0.25, -0.2) is 4.98 Å². The van der Waals surface area contributed by atoms with Crippen LogP contribution in [0.4, 0.5) is 0 Å². The molecular formula is C19H27BrN4O2. The molecule has 1 aromatic heterocycles. The number of rotatable bonds is 6. The van der Waals surface area contributed by atoms with Gasteiger partial charge in [-0.15, -0.1) is 0 Å². The van der Waals surface area contributed by atoms with E-state index < -0.39 is 0 Å². The van der Waals surface area contributed by atoms with E-state index in [0.717, 1.165) is 67.5 Å². The molecule has 0 spiro atoms. The Morgan fingerprint density at radius 3 is 2.27 bits per heavy atom. The van der Waals surface area contributed by atoms with Gasteiger partial charge in [0, 0.05) is 43.5 Å². The van der Waals surface area contributed by atoms with Crippen molar-refractivity contribution in [2.45, 2.75) is 19.5 Å². The number of hydrogen-bond donors (Lipinski definition) is 0. The molecule has 0 atom stereocenters. The zero-order valence-corrected chi connectivity index (χ0v) is 17.3. The lowest BCUT2D eigenvalue weighted by atomic mass is 10.2. The van der Waals surface area contributed by atoms with Gasteiger partial charge in [-0.2, -0.15) is 0 Å². The Morgan fingerprint density at radius 1 is 1.00 bits per heavy atom. The van der Waals surface area contributed by atoms with Crippen molar-refractivity contribution in [2.75, 3.05) is 40.4 Å². The molecule has 0 aliphatic carbocycles. The number of aryl methyl sites for hydroxylation is 1. The molecule has 2 heterocycles. The van der Waals surface area contributed by atoms with E-state index in [9.17, 15) is 0 Å². The Bertz CT molecular complexity index is 734. The third-order valence-corrected chi connectivity index (χ3v) is 5.65. The van der Waals surface area contributed by atoms with Crippen molar-refractivity contribution in [3.63, 3.8) is 0 Å². The van der Waals surface area contributed by atoms with Crippen molar-refractivity contribution in [2.24, 2.45) is 7.05 Å². The maximum Gasteiger partial charge on any atom is 0.161 e. The second-order valence-corrected chi connectivity index (χ2v) is 7.51. The first kappa shape index (κ1) is 19.2. The summed E-state index contributed by atoms with van der Waals surface area (Å²) in [5.74, 6) is 2.65. The maximum atomic E-state index is 5.45. The van der Waals surface area contributed by atoms with Gasteiger partial charge in [-0.1, -0.05) is 15.9 Å². The Kier molecular flexibility index (Phi) is 6.56. The molecule has 7 heteroatoms. The van der Waals surface area contributed by atoms with Crippen LogP contribution in [-0.4, -0.2) is 59.7 Å². The lowest BCUT2D eigenvalue weighted by Gasteiger charge is -2.22. The van der Waals surface area contributed by atoms with Crippen LogP contribution in [0.3, 0.4) is 0 Å². The Hall–Kier alpha value is -1.57. The van der Waals surface area contributed by atoms with Crippen molar-refractivity contribution in [1.29, 1.82) is 0 Å². The summed E-state index contributed by atoms with van der Waals surface area (Å²) in [4.78, 5) is 9.45. The van der Waals surface area contributed by atoms with Crippen molar-refractivity contribution in [3.8, 4) is 11.5 Å². The molecule has 0 saturated carbocycles. The number of benzene rings is 1. The molecule has 3 rings (SSSR count). The van der Waals surface area contributed by atoms with Crippen molar-refractivity contribution in [1.82, 2.24) is 19.4 Å². The minimum absolute atomic E-state index is 0.750. The first-order valence-electron chi connectivity index (χ1n) is 8.92. The number of hydrogen-bond acceptors (Lipinski definition) is 5. The highest BCUT2D eigenvalue weighted by Gasteiger charge is 2.18. The quantitative estimate of drug-likeness (QED) is 0.715. The van der Waals surface area contributed by atoms with Gasteiger partial charge in [-0.3, -0.25) is 9.80 Å². The molecule has 0 unspecified atom stereocenters. The van der Waals surface area contributed by atoms with Crippen LogP contribution in [0.1, 0.15) is 17.8 Å². The first-order chi connectivity index (χ1) is 12.6. The SMILES string of the molecule is COc1cc(Br)c(CN2CCCN(Cc3nccn3C)CC2)cc1OC. The predicted octanol–water partition coefficient (Wildman–Crippen LogP) is 2.91. The number of ether oxygens (including phenoxy) is 2. The summed E-state index contributed by atoms with van der Waals surface area (Å²) in [6.45, 7) is 6.12. The van der Waals surface area contributed by atoms with Gasteiger partial charge in [0.15, 0.2) is 11.5 Å². The fourth-order valence-electron chi connectivity index (χ4n) is 3.35. The van der Waals surface area contributed by atoms with Gasteiger partial charge in [0.25, 0.3) is 0 Å². The summed E-state index contributed by atoms with van der Waals surface area (Å²) < 4.78 is 14.0. The molecule has 0 radical (unpaired) electrons. The Morgan fingerprint density at radius 2 is 1.65 bits per heavy atom. The van der Waals surface area contributed by atoms with Crippen molar-refractivity contribution >= 4 is 15.9 Å². The lowest BCUT2D eigenvalue weighted by molar-refractivity contribution is 0.242. The average molecular weight is 423 g/mol. The molecule has 1 aromatic carbocycles. The van der Waals surface area contributed by atoms with Crippen LogP contribution in [0.25, 0.3) is 0 Å². The molecule has 26 heavy (non-hydrogen) atoms. The highest BCUT2D eigenvalue weighted by atomic mass is 79.9. The average Bonchev–Trinajstić information content (AvgIpc) is 2.91. The van der Waals surface area contributed by atoms with Gasteiger partial charge >= 0.3 is 0 Å². The number of nitrogens with zero attached hydrogens (tertiary/aromatic N) is 4. The van der Waals surface area contributed by atoms with E-state index in [2.05, 4.69) is 48.4 Å². The Labute approximate surface area is 163 Å². The van der Waals surface area contributed by atoms with Gasteiger partial charge in [0.1, 0.15) is 5.82 Å². The zero-order valence-electron chi connectivity index (χ0n) is 15.7. The van der Waals surface area contributed by atoms with Crippen molar-refractivity contribution < 1.29 is 9.47 Å². The number of methoxy groups -OCH3 is 2. The second kappa shape index (κ2) is 8.88. The highest BCUT2D eigenvalue weighted by Crippen LogP contribution is 2.34. The van der Waals surface area contributed by atoms with Crippen LogP contribution in [0, 0.1) is 0 Å². The third-order valence-electron chi connectivity index (χ3n) is 4.91. The summed E-state index contributed by atoms with van der Waals surface area (Å²) >= 11 is 3.67. The zero-order chi connectivity index (χ0) is 18.5. The van der Waals surface area contributed by atoms with Crippen LogP contribution >= 0.6 is 15.9 Å². The smallest absolute Gasteiger partial charge is 0.161 e. The lowest BCUT2D eigenvalue weighted by Crippen LogP contribution is -2.31. The van der Waals surface area contributed by atoms with E-state index in [-0.39, 0.29) is 0 Å². The Balaban J connectivity index is 1.62. The molecule has 142 valence electrons.